The molecule has 0 aromatic carbocycles. The summed E-state index contributed by atoms with van der Waals surface area (Å²) in [5.41, 5.74) is 0. The maximum atomic E-state index is 5.17. The number of aliphatic imine (C=N–C) groups is 1. The van der Waals surface area contributed by atoms with Gasteiger partial charge in [-0.25, -0.2) is 4.99 Å². The molecule has 2 atom stereocenters. The van der Waals surface area contributed by atoms with Gasteiger partial charge in [0, 0.05) is 6.21 Å². The minimum Gasteiger partial charge on any atom is -0.475 e. The van der Waals surface area contributed by atoms with Crippen molar-refractivity contribution in [1.29, 1.82) is 0 Å². The first-order valence-corrected chi connectivity index (χ1v) is 4.19. The fraction of sp³-hybridized carbons (Fsp3) is 0.286. The number of hydrogen-bond acceptors (Lipinski definition) is 2. The third-order valence-electron chi connectivity index (χ3n) is 1.11. The van der Waals surface area contributed by atoms with Gasteiger partial charge in [0.15, 0.2) is 0 Å². The molecule has 1 aliphatic heterocycles. The van der Waals surface area contributed by atoms with Crippen LogP contribution in [-0.2, 0) is 4.74 Å². The first-order chi connectivity index (χ1) is 4.84. The summed E-state index contributed by atoms with van der Waals surface area (Å²) < 4.78 is 5.42. The highest BCUT2D eigenvalue weighted by Crippen LogP contribution is 2.14. The van der Waals surface area contributed by atoms with Crippen LogP contribution in [0.4, 0.5) is 0 Å². The standard InChI is InChI=1S/C7H8INO/c1-2-6(8)7-9-4-3-5-10-7/h2-7H,1H2. The maximum absolute atomic E-state index is 5.17. The molecule has 0 amide bonds. The zero-order chi connectivity index (χ0) is 7.40. The van der Waals surface area contributed by atoms with E-state index in [1.54, 1.807) is 18.6 Å². The summed E-state index contributed by atoms with van der Waals surface area (Å²) in [6, 6.07) is 0. The van der Waals surface area contributed by atoms with E-state index in [9.17, 15) is 0 Å². The lowest BCUT2D eigenvalue weighted by atomic mass is 10.4. The van der Waals surface area contributed by atoms with E-state index >= 15 is 0 Å². The minimum atomic E-state index is -0.0805. The fourth-order valence-electron chi connectivity index (χ4n) is 0.604. The number of nitrogens with zero attached hydrogens (tertiary/aromatic N) is 1. The van der Waals surface area contributed by atoms with E-state index in [0.29, 0.717) is 0 Å². The number of ether oxygens (including phenoxy) is 1. The Labute approximate surface area is 73.8 Å². The van der Waals surface area contributed by atoms with Gasteiger partial charge in [-0.05, 0) is 6.08 Å². The van der Waals surface area contributed by atoms with Crippen molar-refractivity contribution in [2.24, 2.45) is 4.99 Å². The van der Waals surface area contributed by atoms with E-state index in [1.807, 2.05) is 6.08 Å². The van der Waals surface area contributed by atoms with Crippen LogP contribution in [0.3, 0.4) is 0 Å². The van der Waals surface area contributed by atoms with Crippen LogP contribution < -0.4 is 0 Å². The highest BCUT2D eigenvalue weighted by Gasteiger charge is 2.14. The second-order valence-electron chi connectivity index (χ2n) is 1.83. The van der Waals surface area contributed by atoms with Crippen LogP contribution in [0, 0.1) is 0 Å². The Morgan fingerprint density at radius 1 is 1.80 bits per heavy atom. The third-order valence-corrected chi connectivity index (χ3v) is 2.24. The second kappa shape index (κ2) is 3.75. The highest BCUT2D eigenvalue weighted by molar-refractivity contribution is 14.1. The first-order valence-electron chi connectivity index (χ1n) is 2.95. The third kappa shape index (κ3) is 1.83. The molecule has 1 rings (SSSR count). The van der Waals surface area contributed by atoms with E-state index in [1.165, 1.54) is 0 Å². The van der Waals surface area contributed by atoms with Crippen molar-refractivity contribution in [2.75, 3.05) is 0 Å². The number of allylic oxidation sites excluding steroid dienone is 1. The molecule has 0 N–H and O–H groups in total. The minimum absolute atomic E-state index is 0.0805. The van der Waals surface area contributed by atoms with Gasteiger partial charge in [-0.15, -0.1) is 6.58 Å². The van der Waals surface area contributed by atoms with Crippen LogP contribution in [0.1, 0.15) is 0 Å². The van der Waals surface area contributed by atoms with Crippen molar-refractivity contribution in [2.45, 2.75) is 10.2 Å². The van der Waals surface area contributed by atoms with Gasteiger partial charge in [0.25, 0.3) is 0 Å². The van der Waals surface area contributed by atoms with Gasteiger partial charge >= 0.3 is 0 Å². The van der Waals surface area contributed by atoms with Crippen LogP contribution in [0.25, 0.3) is 0 Å². The smallest absolute Gasteiger partial charge is 0.203 e. The molecule has 3 heteroatoms. The molecule has 54 valence electrons. The van der Waals surface area contributed by atoms with Crippen LogP contribution in [0.2, 0.25) is 0 Å². The summed E-state index contributed by atoms with van der Waals surface area (Å²) in [6.07, 6.45) is 6.89. The van der Waals surface area contributed by atoms with E-state index in [4.69, 9.17) is 4.74 Å². The monoisotopic (exact) mass is 249 g/mol. The Kier molecular flexibility index (Phi) is 2.92. The average Bonchev–Trinajstić information content (AvgIpc) is 2.05. The zero-order valence-corrected chi connectivity index (χ0v) is 7.56. The Balaban J connectivity index is 2.50. The van der Waals surface area contributed by atoms with Crippen LogP contribution in [0.5, 0.6) is 0 Å². The Bertz CT molecular complexity index is 176. The van der Waals surface area contributed by atoms with E-state index in [2.05, 4.69) is 34.2 Å². The number of halogens is 1. The Morgan fingerprint density at radius 3 is 3.10 bits per heavy atom. The summed E-state index contributed by atoms with van der Waals surface area (Å²) in [5.74, 6) is 0. The summed E-state index contributed by atoms with van der Waals surface area (Å²) in [5, 5.41) is 0. The fourth-order valence-corrected chi connectivity index (χ4v) is 0.960. The topological polar surface area (TPSA) is 21.6 Å². The molecule has 0 bridgehead atoms. The number of alkyl halides is 1. The zero-order valence-electron chi connectivity index (χ0n) is 5.40. The van der Waals surface area contributed by atoms with Crippen molar-refractivity contribution >= 4 is 28.8 Å². The molecule has 1 heterocycles. The maximum Gasteiger partial charge on any atom is 0.203 e. The van der Waals surface area contributed by atoms with Gasteiger partial charge in [0.1, 0.15) is 0 Å². The van der Waals surface area contributed by atoms with Crippen LogP contribution in [0.15, 0.2) is 30.0 Å². The van der Waals surface area contributed by atoms with Crippen molar-refractivity contribution in [3.05, 3.63) is 25.0 Å². The summed E-state index contributed by atoms with van der Waals surface area (Å²) >= 11 is 2.23. The lowest BCUT2D eigenvalue weighted by molar-refractivity contribution is 0.161. The average molecular weight is 249 g/mol. The van der Waals surface area contributed by atoms with Gasteiger partial charge in [0.05, 0.1) is 10.2 Å². The van der Waals surface area contributed by atoms with Gasteiger partial charge in [0.2, 0.25) is 6.23 Å². The van der Waals surface area contributed by atoms with Gasteiger partial charge in [-0.1, -0.05) is 28.7 Å². The number of rotatable bonds is 2. The summed E-state index contributed by atoms with van der Waals surface area (Å²) in [6.45, 7) is 3.65. The van der Waals surface area contributed by atoms with E-state index < -0.39 is 0 Å². The quantitative estimate of drug-likeness (QED) is 0.416. The van der Waals surface area contributed by atoms with Crippen LogP contribution >= 0.6 is 22.6 Å². The Morgan fingerprint density at radius 2 is 2.60 bits per heavy atom. The molecular weight excluding hydrogens is 241 g/mol. The molecule has 0 radical (unpaired) electrons. The van der Waals surface area contributed by atoms with Crippen molar-refractivity contribution < 1.29 is 4.74 Å². The molecule has 10 heavy (non-hydrogen) atoms. The second-order valence-corrected chi connectivity index (χ2v) is 3.27. The van der Waals surface area contributed by atoms with Gasteiger partial charge in [-0.2, -0.15) is 0 Å². The molecule has 0 aliphatic carbocycles. The first kappa shape index (κ1) is 7.78. The SMILES string of the molecule is C=CC(I)C1N=CC=CO1. The van der Waals surface area contributed by atoms with Gasteiger partial charge < -0.3 is 4.74 Å². The highest BCUT2D eigenvalue weighted by atomic mass is 127. The molecule has 1 aliphatic rings. The molecule has 2 nitrogen and oxygen atoms in total. The van der Waals surface area contributed by atoms with E-state index in [-0.39, 0.29) is 10.2 Å². The molecule has 0 fully saturated rings. The van der Waals surface area contributed by atoms with Crippen molar-refractivity contribution in [1.82, 2.24) is 0 Å². The molecule has 0 aromatic rings. The molecular formula is C7H8INO. The molecule has 2 unspecified atom stereocenters. The Hall–Kier alpha value is -0.320. The predicted molar refractivity (Wildman–Crippen MR) is 50.5 cm³/mol. The van der Waals surface area contributed by atoms with Gasteiger partial charge in [-0.3, -0.25) is 0 Å². The lowest BCUT2D eigenvalue weighted by Crippen LogP contribution is -2.19. The number of hydrogen-bond donors (Lipinski definition) is 0. The molecule has 0 spiro atoms. The predicted octanol–water partition coefficient (Wildman–Crippen LogP) is 1.92. The van der Waals surface area contributed by atoms with E-state index in [0.717, 1.165) is 0 Å². The van der Waals surface area contributed by atoms with Crippen molar-refractivity contribution in [3.8, 4) is 0 Å². The molecule has 0 saturated heterocycles. The molecule has 0 aromatic heterocycles. The largest absolute Gasteiger partial charge is 0.475 e. The lowest BCUT2D eigenvalue weighted by Gasteiger charge is -2.16. The summed E-state index contributed by atoms with van der Waals surface area (Å²) in [4.78, 5) is 4.09. The van der Waals surface area contributed by atoms with Crippen LogP contribution in [-0.4, -0.2) is 16.4 Å². The normalized spacial score (nSPS) is 25.5. The van der Waals surface area contributed by atoms with Crippen molar-refractivity contribution in [3.63, 3.8) is 0 Å². The summed E-state index contributed by atoms with van der Waals surface area (Å²) in [7, 11) is 0. The molecule has 0 saturated carbocycles.